The average Bonchev–Trinajstić information content (AvgIpc) is 3.16. The van der Waals surface area contributed by atoms with Gasteiger partial charge in [-0.3, -0.25) is 4.79 Å². The normalized spacial score (nSPS) is 10.6. The molecule has 8 heteroatoms. The van der Waals surface area contributed by atoms with E-state index in [1.54, 1.807) is 30.5 Å². The van der Waals surface area contributed by atoms with Gasteiger partial charge in [-0.2, -0.15) is 0 Å². The number of hydrogen-bond acceptors (Lipinski definition) is 7. The second kappa shape index (κ2) is 8.71. The minimum atomic E-state index is -0.663. The largest absolute Gasteiger partial charge is 0.482 e. The molecule has 1 amide bonds. The van der Waals surface area contributed by atoms with Gasteiger partial charge in [-0.05, 0) is 36.1 Å². The SMILES string of the molecule is Cc1cc(=O)oc2cc(OCC(=O)OCC(=O)N(C)Cc3cccs3)ccc12. The Kier molecular flexibility index (Phi) is 6.10. The highest BCUT2D eigenvalue weighted by atomic mass is 32.1. The van der Waals surface area contributed by atoms with Crippen LogP contribution in [0, 0.1) is 6.92 Å². The van der Waals surface area contributed by atoms with Crippen molar-refractivity contribution >= 4 is 34.2 Å². The van der Waals surface area contributed by atoms with E-state index in [1.165, 1.54) is 17.0 Å². The highest BCUT2D eigenvalue weighted by Crippen LogP contribution is 2.22. The number of amides is 1. The molecule has 0 atom stereocenters. The lowest BCUT2D eigenvalue weighted by molar-refractivity contribution is -0.153. The van der Waals surface area contributed by atoms with Crippen molar-refractivity contribution in [2.75, 3.05) is 20.3 Å². The number of aryl methyl sites for hydroxylation is 1. The molecule has 28 heavy (non-hydrogen) atoms. The van der Waals surface area contributed by atoms with Crippen LogP contribution in [0.25, 0.3) is 11.0 Å². The predicted molar refractivity (Wildman–Crippen MR) is 104 cm³/mol. The molecule has 0 spiro atoms. The maximum Gasteiger partial charge on any atom is 0.344 e. The lowest BCUT2D eigenvalue weighted by atomic mass is 10.1. The molecule has 146 valence electrons. The molecule has 2 heterocycles. The highest BCUT2D eigenvalue weighted by Gasteiger charge is 2.13. The number of esters is 1. The fraction of sp³-hybridized carbons (Fsp3) is 0.250. The Bertz CT molecular complexity index is 1040. The molecule has 0 bridgehead atoms. The molecular weight excluding hydrogens is 382 g/mol. The quantitative estimate of drug-likeness (QED) is 0.447. The van der Waals surface area contributed by atoms with Gasteiger partial charge in [0, 0.05) is 29.4 Å². The summed E-state index contributed by atoms with van der Waals surface area (Å²) in [6.07, 6.45) is 0. The van der Waals surface area contributed by atoms with Crippen LogP contribution in [-0.2, 0) is 20.9 Å². The van der Waals surface area contributed by atoms with Crippen molar-refractivity contribution < 1.29 is 23.5 Å². The Morgan fingerprint density at radius 3 is 2.75 bits per heavy atom. The zero-order chi connectivity index (χ0) is 20.1. The molecule has 0 aliphatic carbocycles. The summed E-state index contributed by atoms with van der Waals surface area (Å²) in [5.41, 5.74) is 0.718. The van der Waals surface area contributed by atoms with E-state index in [0.717, 1.165) is 15.8 Å². The van der Waals surface area contributed by atoms with Crippen LogP contribution >= 0.6 is 11.3 Å². The second-order valence-corrected chi connectivity index (χ2v) is 7.22. The first-order chi connectivity index (χ1) is 13.4. The topological polar surface area (TPSA) is 86.0 Å². The Labute approximate surface area is 165 Å². The van der Waals surface area contributed by atoms with Crippen LogP contribution in [0.15, 0.2) is 51.0 Å². The molecule has 3 aromatic rings. The molecule has 0 unspecified atom stereocenters. The number of nitrogens with zero attached hydrogens (tertiary/aromatic N) is 1. The van der Waals surface area contributed by atoms with Gasteiger partial charge >= 0.3 is 11.6 Å². The number of likely N-dealkylation sites (N-methyl/N-ethyl adjacent to an activating group) is 1. The molecule has 0 N–H and O–H groups in total. The number of rotatable bonds is 7. The van der Waals surface area contributed by atoms with E-state index >= 15 is 0 Å². The van der Waals surface area contributed by atoms with Gasteiger partial charge in [0.15, 0.2) is 13.2 Å². The first kappa shape index (κ1) is 19.6. The molecule has 7 nitrogen and oxygen atoms in total. The minimum absolute atomic E-state index is 0.301. The maximum atomic E-state index is 12.0. The van der Waals surface area contributed by atoms with Crippen molar-refractivity contribution in [2.24, 2.45) is 0 Å². The van der Waals surface area contributed by atoms with E-state index in [-0.39, 0.29) is 19.1 Å². The molecular formula is C20H19NO6S. The molecule has 0 aliphatic rings. The summed E-state index contributed by atoms with van der Waals surface area (Å²) in [7, 11) is 1.65. The fourth-order valence-corrected chi connectivity index (χ4v) is 3.31. The lowest BCUT2D eigenvalue weighted by Crippen LogP contribution is -2.31. The Hall–Kier alpha value is -3.13. The Balaban J connectivity index is 1.49. The van der Waals surface area contributed by atoms with E-state index in [2.05, 4.69) is 0 Å². The van der Waals surface area contributed by atoms with E-state index in [1.807, 2.05) is 24.4 Å². The summed E-state index contributed by atoms with van der Waals surface area (Å²) in [6, 6.07) is 10.2. The highest BCUT2D eigenvalue weighted by molar-refractivity contribution is 7.09. The van der Waals surface area contributed by atoms with Gasteiger partial charge in [0.05, 0.1) is 6.54 Å². The number of ether oxygens (including phenoxy) is 2. The van der Waals surface area contributed by atoms with Crippen molar-refractivity contribution in [3.8, 4) is 5.75 Å². The summed E-state index contributed by atoms with van der Waals surface area (Å²) in [6.45, 7) is 1.56. The molecule has 0 radical (unpaired) electrons. The number of benzene rings is 1. The van der Waals surface area contributed by atoms with Crippen LogP contribution in [0.2, 0.25) is 0 Å². The Morgan fingerprint density at radius 2 is 2.00 bits per heavy atom. The van der Waals surface area contributed by atoms with Crippen molar-refractivity contribution in [1.29, 1.82) is 0 Å². The number of fused-ring (bicyclic) bond motifs is 1. The van der Waals surface area contributed by atoms with Gasteiger partial charge in [-0.15, -0.1) is 11.3 Å². The van der Waals surface area contributed by atoms with Crippen LogP contribution < -0.4 is 10.4 Å². The molecule has 3 rings (SSSR count). The van der Waals surface area contributed by atoms with Gasteiger partial charge < -0.3 is 18.8 Å². The van der Waals surface area contributed by atoms with Crippen LogP contribution in [-0.4, -0.2) is 37.0 Å². The van der Waals surface area contributed by atoms with Crippen molar-refractivity contribution in [3.63, 3.8) is 0 Å². The molecule has 1 aromatic carbocycles. The predicted octanol–water partition coefficient (Wildman–Crippen LogP) is 2.74. The first-order valence-corrected chi connectivity index (χ1v) is 9.39. The van der Waals surface area contributed by atoms with Crippen molar-refractivity contribution in [1.82, 2.24) is 4.90 Å². The van der Waals surface area contributed by atoms with Crippen LogP contribution in [0.5, 0.6) is 5.75 Å². The van der Waals surface area contributed by atoms with Gasteiger partial charge in [-0.1, -0.05) is 6.07 Å². The molecule has 0 fully saturated rings. The summed E-state index contributed by atoms with van der Waals surface area (Å²) in [4.78, 5) is 37.9. The number of hydrogen-bond donors (Lipinski definition) is 0. The number of carbonyl (C=O) groups is 2. The minimum Gasteiger partial charge on any atom is -0.482 e. The number of carbonyl (C=O) groups excluding carboxylic acids is 2. The molecule has 2 aromatic heterocycles. The summed E-state index contributed by atoms with van der Waals surface area (Å²) in [5, 5.41) is 2.72. The van der Waals surface area contributed by atoms with Gasteiger partial charge in [0.25, 0.3) is 5.91 Å². The smallest absolute Gasteiger partial charge is 0.344 e. The summed E-state index contributed by atoms with van der Waals surface area (Å²) < 4.78 is 15.5. The van der Waals surface area contributed by atoms with E-state index in [0.29, 0.717) is 17.9 Å². The van der Waals surface area contributed by atoms with Crippen molar-refractivity contribution in [3.05, 3.63) is 62.6 Å². The van der Waals surface area contributed by atoms with E-state index < -0.39 is 11.6 Å². The van der Waals surface area contributed by atoms with Gasteiger partial charge in [-0.25, -0.2) is 9.59 Å². The third-order valence-electron chi connectivity index (χ3n) is 4.04. The summed E-state index contributed by atoms with van der Waals surface area (Å²) in [5.74, 6) is -0.604. The standard InChI is InChI=1S/C20H19NO6S/c1-13-8-19(23)27-17-9-14(5-6-16(13)17)25-12-20(24)26-11-18(22)21(2)10-15-4-3-7-28-15/h3-9H,10-12H2,1-2H3. The van der Waals surface area contributed by atoms with Crippen LogP contribution in [0.3, 0.4) is 0 Å². The second-order valence-electron chi connectivity index (χ2n) is 6.18. The molecule has 0 saturated carbocycles. The summed E-state index contributed by atoms with van der Waals surface area (Å²) >= 11 is 1.55. The van der Waals surface area contributed by atoms with E-state index in [4.69, 9.17) is 13.9 Å². The number of thiophene rings is 1. The van der Waals surface area contributed by atoms with Gasteiger partial charge in [0.1, 0.15) is 11.3 Å². The zero-order valence-corrected chi connectivity index (χ0v) is 16.3. The fourth-order valence-electron chi connectivity index (χ4n) is 2.56. The van der Waals surface area contributed by atoms with Gasteiger partial charge in [0.2, 0.25) is 0 Å². The Morgan fingerprint density at radius 1 is 1.18 bits per heavy atom. The zero-order valence-electron chi connectivity index (χ0n) is 15.5. The molecule has 0 aliphatic heterocycles. The first-order valence-electron chi connectivity index (χ1n) is 8.51. The average molecular weight is 401 g/mol. The maximum absolute atomic E-state index is 12.0. The monoisotopic (exact) mass is 401 g/mol. The van der Waals surface area contributed by atoms with E-state index in [9.17, 15) is 14.4 Å². The van der Waals surface area contributed by atoms with Crippen molar-refractivity contribution in [2.45, 2.75) is 13.5 Å². The lowest BCUT2D eigenvalue weighted by Gasteiger charge is -2.16. The molecule has 0 saturated heterocycles. The van der Waals surface area contributed by atoms with Crippen LogP contribution in [0.4, 0.5) is 0 Å². The third kappa shape index (κ3) is 4.98. The van der Waals surface area contributed by atoms with Crippen LogP contribution in [0.1, 0.15) is 10.4 Å². The third-order valence-corrected chi connectivity index (χ3v) is 4.90.